The second kappa shape index (κ2) is 6.71. The van der Waals surface area contributed by atoms with Crippen LogP contribution in [-0.2, 0) is 24.5 Å². The van der Waals surface area contributed by atoms with E-state index in [1.54, 1.807) is 7.11 Å². The zero-order valence-electron chi connectivity index (χ0n) is 13.6. The van der Waals surface area contributed by atoms with Crippen molar-refractivity contribution in [1.29, 1.82) is 0 Å². The minimum atomic E-state index is -0.194. The van der Waals surface area contributed by atoms with Gasteiger partial charge in [0, 0.05) is 12.6 Å². The molecule has 3 aromatic rings. The summed E-state index contributed by atoms with van der Waals surface area (Å²) in [6.07, 6.45) is 0. The quantitative estimate of drug-likeness (QED) is 0.730. The molecule has 0 saturated carbocycles. The lowest BCUT2D eigenvalue weighted by Crippen LogP contribution is -2.22. The highest BCUT2D eigenvalue weighted by atomic mass is 16.5. The number of methoxy groups -OCH3 is 1. The van der Waals surface area contributed by atoms with Crippen molar-refractivity contribution in [3.63, 3.8) is 0 Å². The number of hydrogen-bond donors (Lipinski definition) is 1. The number of nitrogens with two attached hydrogens (primary N) is 1. The van der Waals surface area contributed by atoms with Gasteiger partial charge in [0.05, 0.1) is 13.7 Å². The van der Waals surface area contributed by atoms with E-state index in [1.165, 1.54) is 15.1 Å². The molecule has 1 aromatic carbocycles. The lowest BCUT2D eigenvalue weighted by atomic mass is 10.2. The highest BCUT2D eigenvalue weighted by Crippen LogP contribution is 2.13. The molecule has 2 aromatic heterocycles. The van der Waals surface area contributed by atoms with Crippen LogP contribution in [0, 0.1) is 0 Å². The van der Waals surface area contributed by atoms with Gasteiger partial charge < -0.3 is 15.2 Å². The number of nitrogen functional groups attached to an aromatic ring is 1. The van der Waals surface area contributed by atoms with Crippen molar-refractivity contribution in [2.75, 3.05) is 12.8 Å². The first-order valence-electron chi connectivity index (χ1n) is 7.58. The average molecular weight is 329 g/mol. The van der Waals surface area contributed by atoms with Crippen molar-refractivity contribution in [1.82, 2.24) is 19.2 Å². The summed E-state index contributed by atoms with van der Waals surface area (Å²) in [5, 5.41) is 4.30. The maximum atomic E-state index is 11.9. The van der Waals surface area contributed by atoms with E-state index in [2.05, 4.69) is 10.1 Å². The highest BCUT2D eigenvalue weighted by Gasteiger charge is 2.11. The maximum Gasteiger partial charge on any atom is 0.257 e. The first kappa shape index (κ1) is 16.0. The van der Waals surface area contributed by atoms with Crippen LogP contribution >= 0.6 is 0 Å². The summed E-state index contributed by atoms with van der Waals surface area (Å²) in [6, 6.07) is 8.96. The molecule has 0 saturated heterocycles. The predicted molar refractivity (Wildman–Crippen MR) is 88.8 cm³/mol. The summed E-state index contributed by atoms with van der Waals surface area (Å²) >= 11 is 0. The number of benzene rings is 1. The van der Waals surface area contributed by atoms with Crippen molar-refractivity contribution in [2.24, 2.45) is 0 Å². The van der Waals surface area contributed by atoms with E-state index in [9.17, 15) is 4.79 Å². The van der Waals surface area contributed by atoms with E-state index >= 15 is 0 Å². The van der Waals surface area contributed by atoms with Gasteiger partial charge in [-0.25, -0.2) is 0 Å². The van der Waals surface area contributed by atoms with Gasteiger partial charge in [-0.15, -0.1) is 5.10 Å². The van der Waals surface area contributed by atoms with Crippen molar-refractivity contribution < 1.29 is 9.47 Å². The highest BCUT2D eigenvalue weighted by molar-refractivity contribution is 5.40. The van der Waals surface area contributed by atoms with E-state index in [-0.39, 0.29) is 18.0 Å². The van der Waals surface area contributed by atoms with Gasteiger partial charge in [0.2, 0.25) is 5.78 Å². The average Bonchev–Trinajstić information content (AvgIpc) is 3.00. The van der Waals surface area contributed by atoms with Crippen LogP contribution in [0.25, 0.3) is 5.78 Å². The van der Waals surface area contributed by atoms with Crippen molar-refractivity contribution in [2.45, 2.75) is 26.7 Å². The molecule has 0 radical (unpaired) electrons. The zero-order chi connectivity index (χ0) is 17.1. The Labute approximate surface area is 138 Å². The van der Waals surface area contributed by atoms with Crippen LogP contribution in [0.2, 0.25) is 0 Å². The third-order valence-electron chi connectivity index (χ3n) is 3.63. The molecule has 3 rings (SSSR count). The minimum Gasteiger partial charge on any atom is -0.497 e. The molecule has 8 heteroatoms. The summed E-state index contributed by atoms with van der Waals surface area (Å²) in [5.41, 5.74) is 6.66. The van der Waals surface area contributed by atoms with Crippen LogP contribution < -0.4 is 16.0 Å². The monoisotopic (exact) mass is 329 g/mol. The molecule has 0 aliphatic heterocycles. The first-order chi connectivity index (χ1) is 11.6. The van der Waals surface area contributed by atoms with Crippen LogP contribution in [0.1, 0.15) is 18.3 Å². The van der Waals surface area contributed by atoms with Crippen LogP contribution in [-0.4, -0.2) is 26.3 Å². The zero-order valence-corrected chi connectivity index (χ0v) is 13.6. The van der Waals surface area contributed by atoms with E-state index < -0.39 is 0 Å². The van der Waals surface area contributed by atoms with Gasteiger partial charge in [-0.2, -0.15) is 9.50 Å². The number of rotatable bonds is 6. The Morgan fingerprint density at radius 3 is 2.62 bits per heavy atom. The number of fused-ring (bicyclic) bond motifs is 1. The number of ether oxygens (including phenoxy) is 2. The molecular formula is C16H19N5O3. The molecule has 0 spiro atoms. The van der Waals surface area contributed by atoms with E-state index in [0.29, 0.717) is 24.8 Å². The van der Waals surface area contributed by atoms with Gasteiger partial charge in [0.15, 0.2) is 5.82 Å². The summed E-state index contributed by atoms with van der Waals surface area (Å²) in [7, 11) is 1.63. The van der Waals surface area contributed by atoms with Crippen LogP contribution in [0.4, 0.5) is 5.82 Å². The van der Waals surface area contributed by atoms with Gasteiger partial charge in [0.25, 0.3) is 5.56 Å². The fourth-order valence-corrected chi connectivity index (χ4v) is 2.40. The number of aromatic nitrogens is 4. The summed E-state index contributed by atoms with van der Waals surface area (Å²) in [4.78, 5) is 16.3. The van der Waals surface area contributed by atoms with Crippen molar-refractivity contribution in [3.8, 4) is 5.75 Å². The van der Waals surface area contributed by atoms with E-state index in [1.807, 2.05) is 31.2 Å². The number of anilines is 1. The van der Waals surface area contributed by atoms with Crippen molar-refractivity contribution in [3.05, 3.63) is 52.1 Å². The fourth-order valence-electron chi connectivity index (χ4n) is 2.40. The minimum absolute atomic E-state index is 0.194. The second-order valence-corrected chi connectivity index (χ2v) is 5.23. The third-order valence-corrected chi connectivity index (χ3v) is 3.63. The Kier molecular flexibility index (Phi) is 4.48. The SMILES string of the molecule is CCn1c(=O)cc(N)n2nc(COCc3ccc(OC)cc3)nc12. The van der Waals surface area contributed by atoms with E-state index in [4.69, 9.17) is 15.2 Å². The fraction of sp³-hybridized carbons (Fsp3) is 0.312. The van der Waals surface area contributed by atoms with Crippen LogP contribution in [0.3, 0.4) is 0 Å². The second-order valence-electron chi connectivity index (χ2n) is 5.23. The Balaban J connectivity index is 1.73. The first-order valence-corrected chi connectivity index (χ1v) is 7.58. The Morgan fingerprint density at radius 2 is 1.96 bits per heavy atom. The largest absolute Gasteiger partial charge is 0.497 e. The predicted octanol–water partition coefficient (Wildman–Crippen LogP) is 1.22. The smallest absolute Gasteiger partial charge is 0.257 e. The lowest BCUT2D eigenvalue weighted by molar-refractivity contribution is 0.102. The Bertz CT molecular complexity index is 898. The molecule has 0 unspecified atom stereocenters. The molecule has 2 N–H and O–H groups in total. The van der Waals surface area contributed by atoms with E-state index in [0.717, 1.165) is 11.3 Å². The topological polar surface area (TPSA) is 96.7 Å². The van der Waals surface area contributed by atoms with Gasteiger partial charge in [0.1, 0.15) is 18.2 Å². The summed E-state index contributed by atoms with van der Waals surface area (Å²) in [6.45, 7) is 3.01. The Morgan fingerprint density at radius 1 is 1.21 bits per heavy atom. The molecule has 0 atom stereocenters. The van der Waals surface area contributed by atoms with Crippen LogP contribution in [0.5, 0.6) is 5.75 Å². The third kappa shape index (κ3) is 3.09. The lowest BCUT2D eigenvalue weighted by Gasteiger charge is -2.03. The van der Waals surface area contributed by atoms with Gasteiger partial charge in [-0.3, -0.25) is 9.36 Å². The molecular weight excluding hydrogens is 310 g/mol. The van der Waals surface area contributed by atoms with Crippen molar-refractivity contribution >= 4 is 11.6 Å². The molecule has 0 aliphatic carbocycles. The van der Waals surface area contributed by atoms with Gasteiger partial charge in [-0.1, -0.05) is 12.1 Å². The summed E-state index contributed by atoms with van der Waals surface area (Å²) in [5.74, 6) is 1.95. The number of hydrogen-bond acceptors (Lipinski definition) is 6. The molecule has 24 heavy (non-hydrogen) atoms. The molecule has 0 bridgehead atoms. The van der Waals surface area contributed by atoms with Crippen LogP contribution in [0.15, 0.2) is 35.1 Å². The maximum absolute atomic E-state index is 11.9. The molecule has 2 heterocycles. The van der Waals surface area contributed by atoms with Gasteiger partial charge >= 0.3 is 0 Å². The number of nitrogens with zero attached hydrogens (tertiary/aromatic N) is 4. The van der Waals surface area contributed by atoms with Gasteiger partial charge in [-0.05, 0) is 24.6 Å². The Hall–Kier alpha value is -2.87. The summed E-state index contributed by atoms with van der Waals surface area (Å²) < 4.78 is 13.7. The molecule has 126 valence electrons. The number of aryl methyl sites for hydroxylation is 1. The molecule has 0 aliphatic rings. The molecule has 0 fully saturated rings. The molecule has 8 nitrogen and oxygen atoms in total. The molecule has 0 amide bonds. The normalized spacial score (nSPS) is 11.1. The standard InChI is InChI=1S/C16H19N5O3/c1-3-20-15(22)8-13(17)21-16(20)18-14(19-21)10-24-9-11-4-6-12(23-2)7-5-11/h4-8H,3,9-10,17H2,1-2H3.